The molecule has 168 valence electrons. The van der Waals surface area contributed by atoms with Crippen LogP contribution in [0.3, 0.4) is 0 Å². The van der Waals surface area contributed by atoms with Gasteiger partial charge in [-0.25, -0.2) is 4.39 Å². The maximum atomic E-state index is 14.4. The van der Waals surface area contributed by atoms with Crippen molar-refractivity contribution >= 4 is 11.6 Å². The van der Waals surface area contributed by atoms with Gasteiger partial charge in [-0.3, -0.25) is 9.78 Å². The Morgan fingerprint density at radius 3 is 2.85 bits per heavy atom. The Morgan fingerprint density at radius 1 is 1.09 bits per heavy atom. The summed E-state index contributed by atoms with van der Waals surface area (Å²) in [5.41, 5.74) is 1.59. The van der Waals surface area contributed by atoms with Crippen LogP contribution in [0.4, 0.5) is 10.1 Å². The second kappa shape index (κ2) is 9.27. The molecule has 0 radical (unpaired) electrons. The molecule has 9 nitrogen and oxygen atoms in total. The first kappa shape index (κ1) is 20.9. The maximum Gasteiger partial charge on any atom is 0.227 e. The summed E-state index contributed by atoms with van der Waals surface area (Å²) in [5.74, 6) is 1.53. The molecule has 0 aliphatic carbocycles. The van der Waals surface area contributed by atoms with Crippen LogP contribution in [0.2, 0.25) is 0 Å². The summed E-state index contributed by atoms with van der Waals surface area (Å²) in [7, 11) is 0. The van der Waals surface area contributed by atoms with Crippen LogP contribution in [0.1, 0.15) is 37.4 Å². The second-order valence-corrected chi connectivity index (χ2v) is 7.89. The third-order valence-corrected chi connectivity index (χ3v) is 5.58. The van der Waals surface area contributed by atoms with Gasteiger partial charge in [-0.1, -0.05) is 11.6 Å². The Balaban J connectivity index is 1.26. The van der Waals surface area contributed by atoms with E-state index in [2.05, 4.69) is 35.2 Å². The number of aromatic nitrogens is 6. The number of nitrogens with zero attached hydrogens (tertiary/aromatic N) is 6. The first-order valence-corrected chi connectivity index (χ1v) is 10.9. The normalized spacial score (nSPS) is 13.4. The van der Waals surface area contributed by atoms with E-state index in [1.54, 1.807) is 36.7 Å². The lowest BCUT2D eigenvalue weighted by Crippen LogP contribution is -2.14. The van der Waals surface area contributed by atoms with Crippen LogP contribution in [-0.4, -0.2) is 35.8 Å². The van der Waals surface area contributed by atoms with E-state index in [0.717, 1.165) is 43.6 Å². The fourth-order valence-electron chi connectivity index (χ4n) is 3.87. The van der Waals surface area contributed by atoms with E-state index in [0.29, 0.717) is 23.1 Å². The van der Waals surface area contributed by atoms with Gasteiger partial charge in [0.2, 0.25) is 17.6 Å². The molecule has 0 saturated carbocycles. The number of aryl methyl sites for hydroxylation is 2. The number of hydrogen-bond donors (Lipinski definition) is 1. The minimum atomic E-state index is -0.513. The molecule has 1 aliphatic heterocycles. The van der Waals surface area contributed by atoms with Crippen LogP contribution in [0.25, 0.3) is 22.8 Å². The number of amides is 1. The molecule has 1 amide bonds. The average molecular weight is 447 g/mol. The van der Waals surface area contributed by atoms with Crippen molar-refractivity contribution in [1.29, 1.82) is 0 Å². The van der Waals surface area contributed by atoms with E-state index in [9.17, 15) is 9.18 Å². The van der Waals surface area contributed by atoms with Crippen LogP contribution in [0.15, 0.2) is 47.2 Å². The molecule has 1 aromatic carbocycles. The number of benzene rings is 1. The number of hydrogen-bond acceptors (Lipinski definition) is 7. The van der Waals surface area contributed by atoms with E-state index in [1.165, 1.54) is 6.07 Å². The standard InChI is InChI=1S/C23H22FN7O2/c24-17-6-5-16(23-29-28-19-4-2-1-3-13-31(19)23)14-18(17)26-20(32)7-8-21-27-22(30-33-21)15-9-11-25-12-10-15/h5-6,9-12,14H,1-4,7-8,13H2,(H,26,32). The van der Waals surface area contributed by atoms with E-state index in [-0.39, 0.29) is 24.4 Å². The number of carbonyl (C=O) groups excluding carboxylic acids is 1. The molecule has 0 bridgehead atoms. The van der Waals surface area contributed by atoms with E-state index in [1.807, 2.05) is 0 Å². The third-order valence-electron chi connectivity index (χ3n) is 5.58. The Morgan fingerprint density at radius 2 is 1.97 bits per heavy atom. The quantitative estimate of drug-likeness (QED) is 0.478. The molecule has 0 atom stereocenters. The molecule has 5 rings (SSSR count). The Bertz CT molecular complexity index is 1270. The van der Waals surface area contributed by atoms with Crippen LogP contribution in [-0.2, 0) is 24.2 Å². The van der Waals surface area contributed by atoms with Crippen LogP contribution in [0, 0.1) is 5.82 Å². The monoisotopic (exact) mass is 447 g/mol. The predicted octanol–water partition coefficient (Wildman–Crippen LogP) is 3.83. The first-order chi connectivity index (χ1) is 16.2. The highest BCUT2D eigenvalue weighted by Gasteiger charge is 2.18. The number of anilines is 1. The number of halogens is 1. The number of nitrogens with one attached hydrogen (secondary N) is 1. The molecular weight excluding hydrogens is 425 g/mol. The number of fused-ring (bicyclic) bond motifs is 1. The summed E-state index contributed by atoms with van der Waals surface area (Å²) in [5, 5.41) is 15.2. The van der Waals surface area contributed by atoms with Gasteiger partial charge in [0.15, 0.2) is 5.82 Å². The van der Waals surface area contributed by atoms with Crippen LogP contribution < -0.4 is 5.32 Å². The molecule has 0 unspecified atom stereocenters. The lowest BCUT2D eigenvalue weighted by atomic mass is 10.1. The van der Waals surface area contributed by atoms with E-state index in [4.69, 9.17) is 4.52 Å². The van der Waals surface area contributed by atoms with Crippen molar-refractivity contribution in [3.8, 4) is 22.8 Å². The van der Waals surface area contributed by atoms with Gasteiger partial charge in [0.25, 0.3) is 0 Å². The minimum absolute atomic E-state index is 0.0714. The summed E-state index contributed by atoms with van der Waals surface area (Å²) >= 11 is 0. The number of pyridine rings is 1. The molecule has 1 aliphatic rings. The second-order valence-electron chi connectivity index (χ2n) is 7.89. The van der Waals surface area contributed by atoms with Crippen molar-refractivity contribution in [3.63, 3.8) is 0 Å². The van der Waals surface area contributed by atoms with Gasteiger partial charge in [-0.05, 0) is 43.2 Å². The lowest BCUT2D eigenvalue weighted by Gasteiger charge is -2.10. The zero-order valence-electron chi connectivity index (χ0n) is 17.9. The summed E-state index contributed by atoms with van der Waals surface area (Å²) in [4.78, 5) is 20.7. The molecular formula is C23H22FN7O2. The Kier molecular flexibility index (Phi) is 5.88. The third kappa shape index (κ3) is 4.64. The predicted molar refractivity (Wildman–Crippen MR) is 117 cm³/mol. The highest BCUT2D eigenvalue weighted by Crippen LogP contribution is 2.27. The molecule has 0 spiro atoms. The molecule has 3 aromatic heterocycles. The molecule has 4 heterocycles. The van der Waals surface area contributed by atoms with Gasteiger partial charge >= 0.3 is 0 Å². The Labute approximate surface area is 189 Å². The van der Waals surface area contributed by atoms with Crippen molar-refractivity contribution in [2.24, 2.45) is 0 Å². The van der Waals surface area contributed by atoms with E-state index >= 15 is 0 Å². The summed E-state index contributed by atoms with van der Waals surface area (Å²) in [6.45, 7) is 0.836. The van der Waals surface area contributed by atoms with Gasteiger partial charge in [0, 0.05) is 49.3 Å². The molecule has 10 heteroatoms. The zero-order chi connectivity index (χ0) is 22.6. The van der Waals surface area contributed by atoms with Crippen molar-refractivity contribution in [3.05, 3.63) is 60.3 Å². The highest BCUT2D eigenvalue weighted by atomic mass is 19.1. The summed E-state index contributed by atoms with van der Waals surface area (Å²) in [6, 6.07) is 8.13. The fraction of sp³-hybridized carbons (Fsp3) is 0.304. The first-order valence-electron chi connectivity index (χ1n) is 10.9. The summed E-state index contributed by atoms with van der Waals surface area (Å²) in [6.07, 6.45) is 7.77. The van der Waals surface area contributed by atoms with Crippen LogP contribution >= 0.6 is 0 Å². The zero-order valence-corrected chi connectivity index (χ0v) is 17.9. The molecule has 4 aromatic rings. The lowest BCUT2D eigenvalue weighted by molar-refractivity contribution is -0.116. The van der Waals surface area contributed by atoms with Crippen molar-refractivity contribution < 1.29 is 13.7 Å². The average Bonchev–Trinajstić information content (AvgIpc) is 3.41. The minimum Gasteiger partial charge on any atom is -0.339 e. The van der Waals surface area contributed by atoms with E-state index < -0.39 is 5.82 Å². The fourth-order valence-corrected chi connectivity index (χ4v) is 3.87. The number of carbonyl (C=O) groups is 1. The van der Waals surface area contributed by atoms with Gasteiger partial charge in [0.1, 0.15) is 11.6 Å². The number of rotatable bonds is 6. The molecule has 0 fully saturated rings. The van der Waals surface area contributed by atoms with Gasteiger partial charge in [0.05, 0.1) is 5.69 Å². The smallest absolute Gasteiger partial charge is 0.227 e. The molecule has 0 saturated heterocycles. The topological polar surface area (TPSA) is 112 Å². The maximum absolute atomic E-state index is 14.4. The van der Waals surface area contributed by atoms with Gasteiger partial charge in [-0.2, -0.15) is 4.98 Å². The van der Waals surface area contributed by atoms with Crippen molar-refractivity contribution in [2.75, 3.05) is 5.32 Å². The van der Waals surface area contributed by atoms with Gasteiger partial charge in [-0.15, -0.1) is 10.2 Å². The van der Waals surface area contributed by atoms with Crippen LogP contribution in [0.5, 0.6) is 0 Å². The van der Waals surface area contributed by atoms with Gasteiger partial charge < -0.3 is 14.4 Å². The molecule has 33 heavy (non-hydrogen) atoms. The van der Waals surface area contributed by atoms with Crippen molar-refractivity contribution in [2.45, 2.75) is 45.1 Å². The highest BCUT2D eigenvalue weighted by molar-refractivity contribution is 5.91. The van der Waals surface area contributed by atoms with Crippen molar-refractivity contribution in [1.82, 2.24) is 29.9 Å². The largest absolute Gasteiger partial charge is 0.339 e. The summed E-state index contributed by atoms with van der Waals surface area (Å²) < 4.78 is 21.7. The Hall–Kier alpha value is -3.95. The molecule has 1 N–H and O–H groups in total. The SMILES string of the molecule is O=C(CCc1nc(-c2ccncc2)no1)Nc1cc(-c2nnc3n2CCCCC3)ccc1F.